The molecule has 0 spiro atoms. The molecule has 0 bridgehead atoms. The zero-order chi connectivity index (χ0) is 19.4. The van der Waals surface area contributed by atoms with Gasteiger partial charge < -0.3 is 19.9 Å². The third-order valence-electron chi connectivity index (χ3n) is 4.28. The quantitative estimate of drug-likeness (QED) is 0.886. The molecule has 1 fully saturated rings. The zero-order valence-electron chi connectivity index (χ0n) is 14.7. The van der Waals surface area contributed by atoms with Gasteiger partial charge >= 0.3 is 12.2 Å². The van der Waals surface area contributed by atoms with Crippen molar-refractivity contribution in [3.05, 3.63) is 48.2 Å². The van der Waals surface area contributed by atoms with Gasteiger partial charge in [-0.2, -0.15) is 13.2 Å². The van der Waals surface area contributed by atoms with Crippen LogP contribution in [0, 0.1) is 0 Å². The van der Waals surface area contributed by atoms with E-state index in [0.29, 0.717) is 24.5 Å². The lowest BCUT2D eigenvalue weighted by molar-refractivity contribution is -0.137. The average Bonchev–Trinajstić information content (AvgIpc) is 2.67. The largest absolute Gasteiger partial charge is 0.497 e. The van der Waals surface area contributed by atoms with E-state index in [1.165, 1.54) is 19.4 Å². The first kappa shape index (κ1) is 18.8. The lowest BCUT2D eigenvalue weighted by atomic mass is 10.2. The highest BCUT2D eigenvalue weighted by atomic mass is 19.4. The molecule has 0 radical (unpaired) electrons. The molecule has 2 amide bonds. The fraction of sp³-hybridized carbons (Fsp3) is 0.333. The van der Waals surface area contributed by atoms with E-state index < -0.39 is 11.7 Å². The maximum atomic E-state index is 13.2. The van der Waals surface area contributed by atoms with Gasteiger partial charge in [0.1, 0.15) is 11.6 Å². The van der Waals surface area contributed by atoms with E-state index in [1.807, 2.05) is 0 Å². The first-order valence-electron chi connectivity index (χ1n) is 8.35. The minimum Gasteiger partial charge on any atom is -0.497 e. The number of anilines is 2. The second kappa shape index (κ2) is 7.73. The number of nitrogens with one attached hydrogen (secondary N) is 1. The highest BCUT2D eigenvalue weighted by Gasteiger charge is 2.36. The summed E-state index contributed by atoms with van der Waals surface area (Å²) in [6.45, 7) is 1.13. The number of alkyl halides is 3. The van der Waals surface area contributed by atoms with Crippen molar-refractivity contribution in [1.82, 2.24) is 9.88 Å². The van der Waals surface area contributed by atoms with E-state index >= 15 is 0 Å². The Morgan fingerprint density at radius 1 is 1.15 bits per heavy atom. The van der Waals surface area contributed by atoms with Crippen LogP contribution in [-0.2, 0) is 6.18 Å². The van der Waals surface area contributed by atoms with Gasteiger partial charge in [-0.1, -0.05) is 6.07 Å². The van der Waals surface area contributed by atoms with Crippen LogP contribution in [0.5, 0.6) is 5.75 Å². The van der Waals surface area contributed by atoms with Crippen molar-refractivity contribution in [2.24, 2.45) is 0 Å². The van der Waals surface area contributed by atoms with Gasteiger partial charge in [-0.25, -0.2) is 9.78 Å². The SMILES string of the molecule is COc1cccc(NC(=O)N2CCN(c3ncccc3C(F)(F)F)CC2)c1. The van der Waals surface area contributed by atoms with Gasteiger partial charge in [-0.15, -0.1) is 0 Å². The fourth-order valence-corrected chi connectivity index (χ4v) is 2.89. The standard InChI is InChI=1S/C18H19F3N4O2/c1-27-14-5-2-4-13(12-14)23-17(26)25-10-8-24(9-11-25)16-15(18(19,20)21)6-3-7-22-16/h2-7,12H,8-11H2,1H3,(H,23,26). The monoisotopic (exact) mass is 380 g/mol. The highest BCUT2D eigenvalue weighted by molar-refractivity contribution is 5.89. The van der Waals surface area contributed by atoms with Crippen LogP contribution >= 0.6 is 0 Å². The second-order valence-corrected chi connectivity index (χ2v) is 6.01. The van der Waals surface area contributed by atoms with Crippen LogP contribution in [0.4, 0.5) is 29.5 Å². The Morgan fingerprint density at radius 2 is 1.89 bits per heavy atom. The van der Waals surface area contributed by atoms with Crippen molar-refractivity contribution in [2.45, 2.75) is 6.18 Å². The number of nitrogens with zero attached hydrogens (tertiary/aromatic N) is 3. The number of aromatic nitrogens is 1. The van der Waals surface area contributed by atoms with Crippen LogP contribution in [0.15, 0.2) is 42.6 Å². The Bertz CT molecular complexity index is 805. The molecule has 1 aliphatic rings. The molecular formula is C18H19F3N4O2. The lowest BCUT2D eigenvalue weighted by Crippen LogP contribution is -2.50. The number of carbonyl (C=O) groups excluding carboxylic acids is 1. The Labute approximate surface area is 154 Å². The van der Waals surface area contributed by atoms with E-state index in [0.717, 1.165) is 6.07 Å². The van der Waals surface area contributed by atoms with Crippen molar-refractivity contribution in [2.75, 3.05) is 43.5 Å². The molecule has 144 valence electrons. The van der Waals surface area contributed by atoms with Crippen LogP contribution < -0.4 is 15.0 Å². The zero-order valence-corrected chi connectivity index (χ0v) is 14.7. The van der Waals surface area contributed by atoms with E-state index in [9.17, 15) is 18.0 Å². The first-order chi connectivity index (χ1) is 12.9. The van der Waals surface area contributed by atoms with Crippen LogP contribution in [0.25, 0.3) is 0 Å². The molecule has 2 heterocycles. The van der Waals surface area contributed by atoms with E-state index in [2.05, 4.69) is 10.3 Å². The normalized spacial score (nSPS) is 14.8. The van der Waals surface area contributed by atoms with Crippen molar-refractivity contribution in [3.63, 3.8) is 0 Å². The maximum Gasteiger partial charge on any atom is 0.419 e. The van der Waals surface area contributed by atoms with Crippen LogP contribution in [0.3, 0.4) is 0 Å². The van der Waals surface area contributed by atoms with Gasteiger partial charge in [-0.3, -0.25) is 0 Å². The van der Waals surface area contributed by atoms with Gasteiger partial charge in [0.25, 0.3) is 0 Å². The van der Waals surface area contributed by atoms with E-state index in [-0.39, 0.29) is 24.9 Å². The molecule has 27 heavy (non-hydrogen) atoms. The van der Waals surface area contributed by atoms with Gasteiger partial charge in [0, 0.05) is 44.1 Å². The molecule has 2 aromatic rings. The van der Waals surface area contributed by atoms with Crippen molar-refractivity contribution >= 4 is 17.5 Å². The smallest absolute Gasteiger partial charge is 0.419 e. The molecule has 6 nitrogen and oxygen atoms in total. The fourth-order valence-electron chi connectivity index (χ4n) is 2.89. The molecule has 3 rings (SSSR count). The number of hydrogen-bond acceptors (Lipinski definition) is 4. The molecular weight excluding hydrogens is 361 g/mol. The molecule has 0 unspecified atom stereocenters. The topological polar surface area (TPSA) is 57.7 Å². The van der Waals surface area contributed by atoms with Crippen LogP contribution in [0.2, 0.25) is 0 Å². The van der Waals surface area contributed by atoms with Gasteiger partial charge in [0.15, 0.2) is 0 Å². The van der Waals surface area contributed by atoms with Crippen molar-refractivity contribution < 1.29 is 22.7 Å². The summed E-state index contributed by atoms with van der Waals surface area (Å²) in [5.74, 6) is 0.519. The molecule has 0 saturated carbocycles. The van der Waals surface area contributed by atoms with Gasteiger partial charge in [0.2, 0.25) is 0 Å². The number of piperazine rings is 1. The molecule has 0 aliphatic carbocycles. The summed E-state index contributed by atoms with van der Waals surface area (Å²) >= 11 is 0. The van der Waals surface area contributed by atoms with Crippen LogP contribution in [-0.4, -0.2) is 49.2 Å². The highest BCUT2D eigenvalue weighted by Crippen LogP contribution is 2.35. The summed E-state index contributed by atoms with van der Waals surface area (Å²) < 4.78 is 44.6. The number of ether oxygens (including phenoxy) is 1. The van der Waals surface area contributed by atoms with Crippen molar-refractivity contribution in [1.29, 1.82) is 0 Å². The number of rotatable bonds is 3. The van der Waals surface area contributed by atoms with E-state index in [4.69, 9.17) is 4.74 Å². The minimum absolute atomic E-state index is 0.0992. The van der Waals surface area contributed by atoms with Crippen LogP contribution in [0.1, 0.15) is 5.56 Å². The number of hydrogen-bond donors (Lipinski definition) is 1. The molecule has 1 saturated heterocycles. The number of pyridine rings is 1. The Balaban J connectivity index is 1.63. The molecule has 9 heteroatoms. The summed E-state index contributed by atoms with van der Waals surface area (Å²) in [4.78, 5) is 19.4. The number of benzene rings is 1. The van der Waals surface area contributed by atoms with E-state index in [1.54, 1.807) is 34.1 Å². The predicted octanol–water partition coefficient (Wildman–Crippen LogP) is 3.46. The lowest BCUT2D eigenvalue weighted by Gasteiger charge is -2.36. The number of halogens is 3. The molecule has 1 N–H and O–H groups in total. The first-order valence-corrected chi connectivity index (χ1v) is 8.35. The molecule has 0 atom stereocenters. The Morgan fingerprint density at radius 3 is 2.56 bits per heavy atom. The summed E-state index contributed by atoms with van der Waals surface area (Å²) in [6.07, 6.45) is -3.13. The number of carbonyl (C=O) groups is 1. The molecule has 1 aliphatic heterocycles. The summed E-state index contributed by atoms with van der Waals surface area (Å²) in [6, 6.07) is 8.93. The van der Waals surface area contributed by atoms with Gasteiger partial charge in [0.05, 0.1) is 12.7 Å². The molecule has 1 aromatic carbocycles. The Kier molecular flexibility index (Phi) is 5.38. The summed E-state index contributed by atoms with van der Waals surface area (Å²) in [5.41, 5.74) is -0.176. The molecule has 1 aromatic heterocycles. The summed E-state index contributed by atoms with van der Waals surface area (Å²) in [7, 11) is 1.53. The summed E-state index contributed by atoms with van der Waals surface area (Å²) in [5, 5.41) is 2.77. The average molecular weight is 380 g/mol. The van der Waals surface area contributed by atoms with Crippen molar-refractivity contribution in [3.8, 4) is 5.75 Å². The maximum absolute atomic E-state index is 13.2. The number of methoxy groups -OCH3 is 1. The number of urea groups is 1. The van der Waals surface area contributed by atoms with Gasteiger partial charge in [-0.05, 0) is 24.3 Å². The predicted molar refractivity (Wildman–Crippen MR) is 95.0 cm³/mol. The minimum atomic E-state index is -4.47. The Hall–Kier alpha value is -2.97. The third kappa shape index (κ3) is 4.42. The third-order valence-corrected chi connectivity index (χ3v) is 4.28. The number of amides is 2. The second-order valence-electron chi connectivity index (χ2n) is 6.01.